The van der Waals surface area contributed by atoms with Crippen LogP contribution in [-0.4, -0.2) is 29.8 Å². The van der Waals surface area contributed by atoms with E-state index in [0.717, 1.165) is 19.1 Å². The maximum atomic E-state index is 4.98. The number of methoxy groups -OCH3 is 1. The number of nitrogens with zero attached hydrogens (tertiary/aromatic N) is 2. The fraction of sp³-hybridized carbons (Fsp3) is 0.700. The van der Waals surface area contributed by atoms with Gasteiger partial charge in [-0.1, -0.05) is 0 Å². The highest BCUT2D eigenvalue weighted by atomic mass is 16.5. The summed E-state index contributed by atoms with van der Waals surface area (Å²) in [5.74, 6) is 0.978. The molecule has 0 aromatic carbocycles. The quantitative estimate of drug-likeness (QED) is 0.726. The fourth-order valence-electron chi connectivity index (χ4n) is 1.67. The van der Waals surface area contributed by atoms with Gasteiger partial charge in [0.1, 0.15) is 0 Å². The summed E-state index contributed by atoms with van der Waals surface area (Å²) in [6.07, 6.45) is 7.83. The van der Waals surface area contributed by atoms with Crippen LogP contribution in [0.25, 0.3) is 0 Å². The average Bonchev–Trinajstić information content (AvgIpc) is 2.51. The predicted molar refractivity (Wildman–Crippen MR) is 55.5 cm³/mol. The molecule has 4 heteroatoms. The van der Waals surface area contributed by atoms with Crippen LogP contribution in [-0.2, 0) is 4.74 Å². The number of anilines is 1. The normalized spacial score (nSPS) is 16.6. The van der Waals surface area contributed by atoms with Gasteiger partial charge in [-0.2, -0.15) is 0 Å². The first kappa shape index (κ1) is 9.52. The Morgan fingerprint density at radius 1 is 1.64 bits per heavy atom. The van der Waals surface area contributed by atoms with E-state index in [-0.39, 0.29) is 0 Å². The number of ether oxygens (including phenoxy) is 1. The molecule has 0 saturated heterocycles. The molecular weight excluding hydrogens is 178 g/mol. The van der Waals surface area contributed by atoms with Crippen molar-refractivity contribution in [1.82, 2.24) is 9.55 Å². The molecule has 1 aromatic heterocycles. The zero-order valence-corrected chi connectivity index (χ0v) is 8.57. The molecule has 0 bridgehead atoms. The van der Waals surface area contributed by atoms with Gasteiger partial charge in [0.25, 0.3) is 0 Å². The van der Waals surface area contributed by atoms with Crippen LogP contribution < -0.4 is 5.32 Å². The standard InChI is InChI=1S/C10H17N3O/c1-14-8-6-12-10-11-5-7-13(10)9-3-2-4-9/h5,7,9H,2-4,6,8H2,1H3,(H,11,12). The van der Waals surface area contributed by atoms with E-state index in [1.807, 2.05) is 6.20 Å². The number of hydrogen-bond donors (Lipinski definition) is 1. The van der Waals surface area contributed by atoms with E-state index in [1.165, 1.54) is 19.3 Å². The number of imidazole rings is 1. The molecular formula is C10H17N3O. The minimum absolute atomic E-state index is 0.669. The van der Waals surface area contributed by atoms with E-state index in [9.17, 15) is 0 Å². The Hall–Kier alpha value is -1.03. The lowest BCUT2D eigenvalue weighted by atomic mass is 9.93. The van der Waals surface area contributed by atoms with Crippen LogP contribution in [0.15, 0.2) is 12.4 Å². The number of rotatable bonds is 5. The van der Waals surface area contributed by atoms with E-state index in [2.05, 4.69) is 21.1 Å². The summed E-state index contributed by atoms with van der Waals surface area (Å²) >= 11 is 0. The average molecular weight is 195 g/mol. The summed E-state index contributed by atoms with van der Waals surface area (Å²) in [4.78, 5) is 4.29. The van der Waals surface area contributed by atoms with E-state index in [0.29, 0.717) is 6.04 Å². The Morgan fingerprint density at radius 2 is 2.50 bits per heavy atom. The van der Waals surface area contributed by atoms with Crippen LogP contribution in [0.4, 0.5) is 5.95 Å². The van der Waals surface area contributed by atoms with E-state index < -0.39 is 0 Å². The van der Waals surface area contributed by atoms with Crippen molar-refractivity contribution < 1.29 is 4.74 Å². The summed E-state index contributed by atoms with van der Waals surface area (Å²) in [5.41, 5.74) is 0. The highest BCUT2D eigenvalue weighted by Gasteiger charge is 2.21. The van der Waals surface area contributed by atoms with Gasteiger partial charge in [0.2, 0.25) is 5.95 Å². The minimum atomic E-state index is 0.669. The van der Waals surface area contributed by atoms with Crippen molar-refractivity contribution in [3.8, 4) is 0 Å². The summed E-state index contributed by atoms with van der Waals surface area (Å²) in [6, 6.07) is 0.669. The van der Waals surface area contributed by atoms with Crippen molar-refractivity contribution in [2.24, 2.45) is 0 Å². The van der Waals surface area contributed by atoms with Gasteiger partial charge in [-0.25, -0.2) is 4.98 Å². The van der Waals surface area contributed by atoms with Crippen LogP contribution in [0, 0.1) is 0 Å². The third kappa shape index (κ3) is 1.90. The van der Waals surface area contributed by atoms with Gasteiger partial charge >= 0.3 is 0 Å². The van der Waals surface area contributed by atoms with Crippen molar-refractivity contribution in [3.63, 3.8) is 0 Å². The molecule has 0 amide bonds. The second-order valence-electron chi connectivity index (χ2n) is 3.66. The third-order valence-electron chi connectivity index (χ3n) is 2.73. The highest BCUT2D eigenvalue weighted by Crippen LogP contribution is 2.33. The van der Waals surface area contributed by atoms with Crippen LogP contribution in [0.3, 0.4) is 0 Å². The summed E-state index contributed by atoms with van der Waals surface area (Å²) in [5, 5.41) is 3.27. The van der Waals surface area contributed by atoms with E-state index >= 15 is 0 Å². The smallest absolute Gasteiger partial charge is 0.203 e. The lowest BCUT2D eigenvalue weighted by Gasteiger charge is -2.28. The lowest BCUT2D eigenvalue weighted by molar-refractivity contribution is 0.210. The molecule has 78 valence electrons. The number of hydrogen-bond acceptors (Lipinski definition) is 3. The van der Waals surface area contributed by atoms with E-state index in [1.54, 1.807) is 7.11 Å². The topological polar surface area (TPSA) is 39.1 Å². The molecule has 0 unspecified atom stereocenters. The largest absolute Gasteiger partial charge is 0.383 e. The highest BCUT2D eigenvalue weighted by molar-refractivity contribution is 5.26. The molecule has 1 aliphatic carbocycles. The zero-order chi connectivity index (χ0) is 9.80. The molecule has 1 N–H and O–H groups in total. The van der Waals surface area contributed by atoms with E-state index in [4.69, 9.17) is 4.74 Å². The lowest BCUT2D eigenvalue weighted by Crippen LogP contribution is -2.20. The van der Waals surface area contributed by atoms with Crippen molar-refractivity contribution in [1.29, 1.82) is 0 Å². The van der Waals surface area contributed by atoms with Crippen LogP contribution in [0.2, 0.25) is 0 Å². The van der Waals surface area contributed by atoms with Crippen LogP contribution in [0.1, 0.15) is 25.3 Å². The first-order valence-corrected chi connectivity index (χ1v) is 5.17. The Bertz CT molecular complexity index is 281. The van der Waals surface area contributed by atoms with Crippen molar-refractivity contribution in [2.45, 2.75) is 25.3 Å². The number of aromatic nitrogens is 2. The molecule has 0 aliphatic heterocycles. The third-order valence-corrected chi connectivity index (χ3v) is 2.73. The molecule has 14 heavy (non-hydrogen) atoms. The molecule has 0 spiro atoms. The Morgan fingerprint density at radius 3 is 3.14 bits per heavy atom. The summed E-state index contributed by atoms with van der Waals surface area (Å²) in [7, 11) is 1.71. The Balaban J connectivity index is 1.91. The molecule has 0 radical (unpaired) electrons. The van der Waals surface area contributed by atoms with Gasteiger partial charge in [-0.15, -0.1) is 0 Å². The predicted octanol–water partition coefficient (Wildman–Crippen LogP) is 1.67. The molecule has 1 saturated carbocycles. The van der Waals surface area contributed by atoms with Gasteiger partial charge < -0.3 is 14.6 Å². The first-order valence-electron chi connectivity index (χ1n) is 5.17. The second-order valence-corrected chi connectivity index (χ2v) is 3.66. The maximum Gasteiger partial charge on any atom is 0.203 e. The molecule has 1 fully saturated rings. The van der Waals surface area contributed by atoms with Gasteiger partial charge in [0, 0.05) is 32.1 Å². The molecule has 1 aromatic rings. The second kappa shape index (κ2) is 4.46. The first-order chi connectivity index (χ1) is 6.92. The molecule has 0 atom stereocenters. The van der Waals surface area contributed by atoms with Crippen molar-refractivity contribution in [2.75, 3.05) is 25.6 Å². The minimum Gasteiger partial charge on any atom is -0.383 e. The Kier molecular flexibility index (Phi) is 3.03. The molecule has 1 heterocycles. The molecule has 4 nitrogen and oxygen atoms in total. The van der Waals surface area contributed by atoms with Gasteiger partial charge in [0.05, 0.1) is 6.61 Å². The SMILES string of the molecule is COCCNc1nccn1C1CCC1. The van der Waals surface area contributed by atoms with Gasteiger partial charge in [0.15, 0.2) is 0 Å². The molecule has 1 aliphatic rings. The summed E-state index contributed by atoms with van der Waals surface area (Å²) in [6.45, 7) is 1.54. The van der Waals surface area contributed by atoms with Crippen molar-refractivity contribution in [3.05, 3.63) is 12.4 Å². The summed E-state index contributed by atoms with van der Waals surface area (Å²) < 4.78 is 7.22. The number of nitrogens with one attached hydrogen (secondary N) is 1. The van der Waals surface area contributed by atoms with Crippen LogP contribution in [0.5, 0.6) is 0 Å². The van der Waals surface area contributed by atoms with Gasteiger partial charge in [-0.3, -0.25) is 0 Å². The molecule has 2 rings (SSSR count). The fourth-order valence-corrected chi connectivity index (χ4v) is 1.67. The Labute approximate surface area is 84.3 Å². The zero-order valence-electron chi connectivity index (χ0n) is 8.57. The monoisotopic (exact) mass is 195 g/mol. The van der Waals surface area contributed by atoms with Crippen LogP contribution >= 0.6 is 0 Å². The maximum absolute atomic E-state index is 4.98. The van der Waals surface area contributed by atoms with Gasteiger partial charge in [-0.05, 0) is 19.3 Å². The van der Waals surface area contributed by atoms with Crippen molar-refractivity contribution >= 4 is 5.95 Å².